The molecule has 0 radical (unpaired) electrons. The average Bonchev–Trinajstić information content (AvgIpc) is 3.30. The highest BCUT2D eigenvalue weighted by molar-refractivity contribution is 5.97. The first kappa shape index (κ1) is 24.9. The van der Waals surface area contributed by atoms with Crippen molar-refractivity contribution in [2.24, 2.45) is 5.92 Å². The summed E-state index contributed by atoms with van der Waals surface area (Å²) in [5.41, 5.74) is 5.65. The van der Waals surface area contributed by atoms with Crippen molar-refractivity contribution in [3.8, 4) is 22.9 Å². The van der Waals surface area contributed by atoms with Crippen molar-refractivity contribution in [1.82, 2.24) is 9.55 Å². The van der Waals surface area contributed by atoms with Crippen LogP contribution in [0.3, 0.4) is 0 Å². The quantitative estimate of drug-likeness (QED) is 0.296. The second kappa shape index (κ2) is 10.7. The maximum Gasteiger partial charge on any atom is 0.247 e. The van der Waals surface area contributed by atoms with Crippen LogP contribution in [-0.2, 0) is 4.79 Å². The zero-order valence-corrected chi connectivity index (χ0v) is 22.1. The molecule has 1 aromatic heterocycles. The zero-order chi connectivity index (χ0) is 25.9. The highest BCUT2D eigenvalue weighted by Crippen LogP contribution is 2.41. The number of fused-ring (bicyclic) bond motifs is 1. The number of rotatable bonds is 7. The molecule has 4 aromatic rings. The van der Waals surface area contributed by atoms with E-state index >= 15 is 0 Å². The summed E-state index contributed by atoms with van der Waals surface area (Å²) in [4.78, 5) is 19.3. The van der Waals surface area contributed by atoms with Crippen LogP contribution in [-0.4, -0.2) is 29.7 Å². The van der Waals surface area contributed by atoms with Gasteiger partial charge in [-0.05, 0) is 68.0 Å². The summed E-state index contributed by atoms with van der Waals surface area (Å²) in [6.07, 6.45) is 5.50. The van der Waals surface area contributed by atoms with Gasteiger partial charge in [-0.2, -0.15) is 0 Å². The topological polar surface area (TPSA) is 65.4 Å². The lowest BCUT2D eigenvalue weighted by Crippen LogP contribution is -2.34. The lowest BCUT2D eigenvalue weighted by atomic mass is 9.83. The van der Waals surface area contributed by atoms with Gasteiger partial charge >= 0.3 is 0 Å². The number of benzene rings is 3. The van der Waals surface area contributed by atoms with Gasteiger partial charge in [-0.15, -0.1) is 0 Å². The number of hydrogen-bond donors (Lipinski definition) is 1. The van der Waals surface area contributed by atoms with Crippen LogP contribution in [0.2, 0.25) is 0 Å². The summed E-state index contributed by atoms with van der Waals surface area (Å²) < 4.78 is 13.4. The molecule has 0 aliphatic heterocycles. The Kier molecular flexibility index (Phi) is 7.17. The van der Waals surface area contributed by atoms with Crippen LogP contribution in [0, 0.1) is 19.8 Å². The van der Waals surface area contributed by atoms with E-state index in [1.54, 1.807) is 14.2 Å². The first-order valence-electron chi connectivity index (χ1n) is 13.1. The number of carbonyl (C=O) groups is 1. The summed E-state index contributed by atoms with van der Waals surface area (Å²) >= 11 is 0. The van der Waals surface area contributed by atoms with Gasteiger partial charge in [-0.1, -0.05) is 49.6 Å². The molecule has 1 atom stereocenters. The number of ether oxygens (including phenoxy) is 2. The molecule has 6 nitrogen and oxygen atoms in total. The number of imidazole rings is 1. The summed E-state index contributed by atoms with van der Waals surface area (Å²) in [6.45, 7) is 4.08. The summed E-state index contributed by atoms with van der Waals surface area (Å²) in [7, 11) is 3.29. The standard InChI is InChI=1S/C31H35N3O3/c1-20-11-10-12-21(2)28(20)33-31(35)29(22-13-6-5-7-14-22)34-26-16-9-8-15-25(26)32-30(34)24-18-17-23(36-3)19-27(24)37-4/h8-12,15-19,22,29H,5-7,13-14H2,1-4H3,(H,33,35). The first-order chi connectivity index (χ1) is 18.0. The molecule has 1 fully saturated rings. The van der Waals surface area contributed by atoms with E-state index < -0.39 is 6.04 Å². The monoisotopic (exact) mass is 497 g/mol. The minimum Gasteiger partial charge on any atom is -0.497 e. The van der Waals surface area contributed by atoms with Gasteiger partial charge in [0.05, 0.1) is 30.8 Å². The van der Waals surface area contributed by atoms with Gasteiger partial charge in [0.25, 0.3) is 0 Å². The van der Waals surface area contributed by atoms with Crippen LogP contribution < -0.4 is 14.8 Å². The van der Waals surface area contributed by atoms with Crippen LogP contribution >= 0.6 is 0 Å². The van der Waals surface area contributed by atoms with E-state index in [-0.39, 0.29) is 11.8 Å². The number of nitrogens with zero attached hydrogens (tertiary/aromatic N) is 2. The molecule has 1 amide bonds. The van der Waals surface area contributed by atoms with E-state index in [2.05, 4.69) is 16.0 Å². The van der Waals surface area contributed by atoms with Gasteiger partial charge in [0.2, 0.25) is 5.91 Å². The van der Waals surface area contributed by atoms with Gasteiger partial charge < -0.3 is 19.4 Å². The van der Waals surface area contributed by atoms with E-state index in [9.17, 15) is 4.79 Å². The number of anilines is 1. The third kappa shape index (κ3) is 4.80. The van der Waals surface area contributed by atoms with E-state index in [1.165, 1.54) is 6.42 Å². The fraction of sp³-hybridized carbons (Fsp3) is 0.355. The minimum atomic E-state index is -0.409. The van der Waals surface area contributed by atoms with E-state index in [4.69, 9.17) is 14.5 Å². The van der Waals surface area contributed by atoms with Gasteiger partial charge in [-0.25, -0.2) is 4.98 Å². The van der Waals surface area contributed by atoms with Gasteiger partial charge in [0.15, 0.2) is 0 Å². The molecule has 5 rings (SSSR count). The van der Waals surface area contributed by atoms with Crippen molar-refractivity contribution in [2.45, 2.75) is 52.0 Å². The van der Waals surface area contributed by atoms with Crippen molar-refractivity contribution >= 4 is 22.6 Å². The number of amides is 1. The normalized spacial score (nSPS) is 14.9. The molecule has 3 aromatic carbocycles. The fourth-order valence-electron chi connectivity index (χ4n) is 5.70. The molecular formula is C31H35N3O3. The van der Waals surface area contributed by atoms with Crippen LogP contribution in [0.4, 0.5) is 5.69 Å². The molecule has 1 aliphatic carbocycles. The Balaban J connectivity index is 1.70. The van der Waals surface area contributed by atoms with Crippen molar-refractivity contribution < 1.29 is 14.3 Å². The lowest BCUT2D eigenvalue weighted by molar-refractivity contribution is -0.121. The van der Waals surface area contributed by atoms with Gasteiger partial charge in [0, 0.05) is 11.8 Å². The molecular weight excluding hydrogens is 462 g/mol. The molecule has 1 N–H and O–H groups in total. The number of hydrogen-bond acceptors (Lipinski definition) is 4. The van der Waals surface area contributed by atoms with E-state index in [1.807, 2.05) is 68.4 Å². The van der Waals surface area contributed by atoms with Crippen LogP contribution in [0.15, 0.2) is 60.7 Å². The number of aromatic nitrogens is 2. The van der Waals surface area contributed by atoms with Crippen molar-refractivity contribution in [2.75, 3.05) is 19.5 Å². The molecule has 1 heterocycles. The first-order valence-corrected chi connectivity index (χ1v) is 13.1. The molecule has 1 saturated carbocycles. The largest absolute Gasteiger partial charge is 0.497 e. The molecule has 192 valence electrons. The smallest absolute Gasteiger partial charge is 0.247 e. The number of para-hydroxylation sites is 3. The highest BCUT2D eigenvalue weighted by atomic mass is 16.5. The second-order valence-corrected chi connectivity index (χ2v) is 9.96. The second-order valence-electron chi connectivity index (χ2n) is 9.96. The number of methoxy groups -OCH3 is 2. The summed E-state index contributed by atoms with van der Waals surface area (Å²) in [6, 6.07) is 19.5. The minimum absolute atomic E-state index is 0.00109. The zero-order valence-electron chi connectivity index (χ0n) is 22.1. The fourth-order valence-corrected chi connectivity index (χ4v) is 5.70. The molecule has 1 unspecified atom stereocenters. The maximum atomic E-state index is 14.3. The Labute approximate surface area is 218 Å². The number of aryl methyl sites for hydroxylation is 2. The SMILES string of the molecule is COc1ccc(-c2nc3ccccc3n2C(C(=O)Nc2c(C)cccc2C)C2CCCCC2)c(OC)c1. The van der Waals surface area contributed by atoms with Gasteiger partial charge in [-0.3, -0.25) is 4.79 Å². The van der Waals surface area contributed by atoms with Crippen molar-refractivity contribution in [3.63, 3.8) is 0 Å². The van der Waals surface area contributed by atoms with Crippen LogP contribution in [0.5, 0.6) is 11.5 Å². The molecule has 0 spiro atoms. The molecule has 1 aliphatic rings. The third-order valence-electron chi connectivity index (χ3n) is 7.62. The van der Waals surface area contributed by atoms with Crippen molar-refractivity contribution in [1.29, 1.82) is 0 Å². The van der Waals surface area contributed by atoms with E-state index in [0.29, 0.717) is 11.5 Å². The Bertz CT molecular complexity index is 1400. The average molecular weight is 498 g/mol. The van der Waals surface area contributed by atoms with Gasteiger partial charge in [0.1, 0.15) is 23.4 Å². The molecule has 6 heteroatoms. The number of carbonyl (C=O) groups excluding carboxylic acids is 1. The predicted molar refractivity (Wildman–Crippen MR) is 148 cm³/mol. The third-order valence-corrected chi connectivity index (χ3v) is 7.62. The molecule has 0 bridgehead atoms. The van der Waals surface area contributed by atoms with Crippen molar-refractivity contribution in [3.05, 3.63) is 71.8 Å². The van der Waals surface area contributed by atoms with E-state index in [0.717, 1.165) is 64.9 Å². The lowest BCUT2D eigenvalue weighted by Gasteiger charge is -2.32. The van der Waals surface area contributed by atoms with Crippen LogP contribution in [0.25, 0.3) is 22.4 Å². The summed E-state index contributed by atoms with van der Waals surface area (Å²) in [5.74, 6) is 2.31. The molecule has 0 saturated heterocycles. The number of nitrogens with one attached hydrogen (secondary N) is 1. The maximum absolute atomic E-state index is 14.3. The summed E-state index contributed by atoms with van der Waals surface area (Å²) in [5, 5.41) is 3.32. The molecule has 37 heavy (non-hydrogen) atoms. The Morgan fingerprint density at radius 2 is 1.68 bits per heavy atom. The Hall–Kier alpha value is -3.80. The Morgan fingerprint density at radius 3 is 2.38 bits per heavy atom. The van der Waals surface area contributed by atoms with Crippen LogP contribution in [0.1, 0.15) is 49.3 Å². The highest BCUT2D eigenvalue weighted by Gasteiger charge is 2.35. The Morgan fingerprint density at radius 1 is 0.946 bits per heavy atom. The predicted octanol–water partition coefficient (Wildman–Crippen LogP) is 7.10.